The van der Waals surface area contributed by atoms with Gasteiger partial charge in [-0.3, -0.25) is 4.68 Å². The van der Waals surface area contributed by atoms with Crippen LogP contribution in [0.5, 0.6) is 0 Å². The van der Waals surface area contributed by atoms with E-state index in [1.807, 2.05) is 0 Å². The van der Waals surface area contributed by atoms with Crippen molar-refractivity contribution in [3.63, 3.8) is 0 Å². The van der Waals surface area contributed by atoms with E-state index in [0.29, 0.717) is 11.1 Å². The SMILES string of the molecule is Cc1c2cc(C(=O)O)c(F)c(F)c2nn1C. The molecule has 0 spiro atoms. The molecule has 84 valence electrons. The predicted octanol–water partition coefficient (Wildman–Crippen LogP) is 1.86. The molecule has 0 amide bonds. The van der Waals surface area contributed by atoms with Crippen LogP contribution in [0.4, 0.5) is 8.78 Å². The van der Waals surface area contributed by atoms with E-state index in [2.05, 4.69) is 5.10 Å². The highest BCUT2D eigenvalue weighted by Crippen LogP contribution is 2.25. The molecule has 2 rings (SSSR count). The van der Waals surface area contributed by atoms with Gasteiger partial charge >= 0.3 is 5.97 Å². The molecular formula is C10H8F2N2O2. The number of hydrogen-bond acceptors (Lipinski definition) is 2. The number of aromatic carboxylic acids is 1. The van der Waals surface area contributed by atoms with Crippen LogP contribution < -0.4 is 0 Å². The second kappa shape index (κ2) is 3.26. The van der Waals surface area contributed by atoms with Crippen molar-refractivity contribution in [2.75, 3.05) is 0 Å². The molecule has 2 aromatic rings. The third-order valence-corrected chi connectivity index (χ3v) is 2.54. The molecule has 0 aliphatic carbocycles. The van der Waals surface area contributed by atoms with Crippen molar-refractivity contribution in [2.45, 2.75) is 6.92 Å². The van der Waals surface area contributed by atoms with E-state index in [-0.39, 0.29) is 5.52 Å². The molecule has 4 nitrogen and oxygen atoms in total. The highest BCUT2D eigenvalue weighted by molar-refractivity contribution is 5.94. The molecule has 0 radical (unpaired) electrons. The minimum absolute atomic E-state index is 0.150. The van der Waals surface area contributed by atoms with E-state index in [0.717, 1.165) is 6.07 Å². The molecule has 0 aliphatic heterocycles. The largest absolute Gasteiger partial charge is 0.478 e. The highest BCUT2D eigenvalue weighted by Gasteiger charge is 2.21. The van der Waals surface area contributed by atoms with Gasteiger partial charge < -0.3 is 5.11 Å². The number of carboxylic acid groups (broad SMARTS) is 1. The standard InChI is InChI=1S/C10H8F2N2O2/c1-4-5-3-6(10(15)16)7(11)8(12)9(5)13-14(4)2/h3H,1-2H3,(H,15,16). The number of aryl methyl sites for hydroxylation is 2. The van der Waals surface area contributed by atoms with Crippen LogP contribution in [0.2, 0.25) is 0 Å². The van der Waals surface area contributed by atoms with Gasteiger partial charge in [-0.25, -0.2) is 13.6 Å². The summed E-state index contributed by atoms with van der Waals surface area (Å²) in [7, 11) is 1.58. The minimum Gasteiger partial charge on any atom is -0.478 e. The van der Waals surface area contributed by atoms with Crippen molar-refractivity contribution in [1.82, 2.24) is 9.78 Å². The average molecular weight is 226 g/mol. The first kappa shape index (κ1) is 10.5. The molecule has 0 saturated heterocycles. The quantitative estimate of drug-likeness (QED) is 0.807. The summed E-state index contributed by atoms with van der Waals surface area (Å²) in [5.74, 6) is -4.10. The molecule has 0 saturated carbocycles. The van der Waals surface area contributed by atoms with Crippen LogP contribution in [0, 0.1) is 18.6 Å². The van der Waals surface area contributed by atoms with Crippen molar-refractivity contribution in [3.8, 4) is 0 Å². The van der Waals surface area contributed by atoms with E-state index in [1.54, 1.807) is 14.0 Å². The summed E-state index contributed by atoms with van der Waals surface area (Å²) in [6, 6.07) is 1.10. The number of aromatic nitrogens is 2. The highest BCUT2D eigenvalue weighted by atomic mass is 19.2. The molecule has 6 heteroatoms. The fourth-order valence-electron chi connectivity index (χ4n) is 1.54. The summed E-state index contributed by atoms with van der Waals surface area (Å²) >= 11 is 0. The maximum atomic E-state index is 13.5. The molecule has 0 fully saturated rings. The van der Waals surface area contributed by atoms with E-state index in [9.17, 15) is 13.6 Å². The number of carboxylic acids is 1. The zero-order valence-electron chi connectivity index (χ0n) is 8.58. The van der Waals surface area contributed by atoms with Gasteiger partial charge in [-0.15, -0.1) is 0 Å². The van der Waals surface area contributed by atoms with Crippen LogP contribution in [-0.4, -0.2) is 20.9 Å². The van der Waals surface area contributed by atoms with Crippen LogP contribution in [0.1, 0.15) is 16.1 Å². The zero-order chi connectivity index (χ0) is 12.0. The Bertz CT molecular complexity index is 605. The molecule has 1 aromatic heterocycles. The fourth-order valence-corrected chi connectivity index (χ4v) is 1.54. The third-order valence-electron chi connectivity index (χ3n) is 2.54. The van der Waals surface area contributed by atoms with E-state index < -0.39 is 23.2 Å². The topological polar surface area (TPSA) is 55.1 Å². The summed E-state index contributed by atoms with van der Waals surface area (Å²) < 4.78 is 28.2. The van der Waals surface area contributed by atoms with E-state index in [4.69, 9.17) is 5.11 Å². The summed E-state index contributed by atoms with van der Waals surface area (Å²) in [5, 5.41) is 12.8. The van der Waals surface area contributed by atoms with Crippen molar-refractivity contribution in [2.24, 2.45) is 7.05 Å². The van der Waals surface area contributed by atoms with Crippen LogP contribution in [0.25, 0.3) is 10.9 Å². The lowest BCUT2D eigenvalue weighted by Crippen LogP contribution is -2.03. The molecule has 0 bridgehead atoms. The first-order chi connectivity index (χ1) is 7.43. The van der Waals surface area contributed by atoms with Crippen molar-refractivity contribution < 1.29 is 18.7 Å². The molecule has 0 unspecified atom stereocenters. The summed E-state index contributed by atoms with van der Waals surface area (Å²) in [5.41, 5.74) is -0.250. The molecule has 1 N–H and O–H groups in total. The monoisotopic (exact) mass is 226 g/mol. The fraction of sp³-hybridized carbons (Fsp3) is 0.200. The Kier molecular flexibility index (Phi) is 2.15. The van der Waals surface area contributed by atoms with Gasteiger partial charge in [0.1, 0.15) is 5.52 Å². The number of hydrogen-bond donors (Lipinski definition) is 1. The van der Waals surface area contributed by atoms with E-state index >= 15 is 0 Å². The number of halogens is 2. The van der Waals surface area contributed by atoms with Gasteiger partial charge in [0.2, 0.25) is 0 Å². The van der Waals surface area contributed by atoms with Gasteiger partial charge in [-0.1, -0.05) is 0 Å². The number of rotatable bonds is 1. The van der Waals surface area contributed by atoms with Gasteiger partial charge in [-0.2, -0.15) is 5.10 Å². The van der Waals surface area contributed by atoms with Gasteiger partial charge in [0.05, 0.1) is 5.56 Å². The third kappa shape index (κ3) is 1.26. The molecule has 0 aliphatic rings. The Balaban J connectivity index is 2.94. The second-order valence-electron chi connectivity index (χ2n) is 3.46. The Morgan fingerprint density at radius 2 is 2.06 bits per heavy atom. The lowest BCUT2D eigenvalue weighted by atomic mass is 10.1. The van der Waals surface area contributed by atoms with Crippen molar-refractivity contribution >= 4 is 16.9 Å². The number of fused-ring (bicyclic) bond motifs is 1. The molecule has 1 aromatic carbocycles. The molecule has 0 atom stereocenters. The number of nitrogens with zero attached hydrogens (tertiary/aromatic N) is 2. The summed E-state index contributed by atoms with van der Waals surface area (Å²) in [6.07, 6.45) is 0. The molecular weight excluding hydrogens is 218 g/mol. The van der Waals surface area contributed by atoms with Crippen LogP contribution in [0.3, 0.4) is 0 Å². The first-order valence-corrected chi connectivity index (χ1v) is 4.48. The average Bonchev–Trinajstić information content (AvgIpc) is 2.50. The van der Waals surface area contributed by atoms with Crippen LogP contribution >= 0.6 is 0 Å². The van der Waals surface area contributed by atoms with Gasteiger partial charge in [0.15, 0.2) is 11.6 Å². The van der Waals surface area contributed by atoms with E-state index in [1.165, 1.54) is 4.68 Å². The van der Waals surface area contributed by atoms with Crippen molar-refractivity contribution in [3.05, 3.63) is 29.0 Å². The molecule has 16 heavy (non-hydrogen) atoms. The Morgan fingerprint density at radius 1 is 1.44 bits per heavy atom. The van der Waals surface area contributed by atoms with Crippen molar-refractivity contribution in [1.29, 1.82) is 0 Å². The number of carbonyl (C=O) groups is 1. The van der Waals surface area contributed by atoms with Gasteiger partial charge in [0, 0.05) is 18.1 Å². The Labute approximate surface area is 89.1 Å². The molecule has 1 heterocycles. The first-order valence-electron chi connectivity index (χ1n) is 4.48. The normalized spacial score (nSPS) is 11.0. The Morgan fingerprint density at radius 3 is 2.62 bits per heavy atom. The maximum absolute atomic E-state index is 13.5. The van der Waals surface area contributed by atoms with Crippen LogP contribution in [0.15, 0.2) is 6.07 Å². The second-order valence-corrected chi connectivity index (χ2v) is 3.46. The van der Waals surface area contributed by atoms with Gasteiger partial charge in [0.25, 0.3) is 0 Å². The maximum Gasteiger partial charge on any atom is 0.338 e. The zero-order valence-corrected chi connectivity index (χ0v) is 8.58. The van der Waals surface area contributed by atoms with Crippen LogP contribution in [-0.2, 0) is 7.05 Å². The number of benzene rings is 1. The van der Waals surface area contributed by atoms with Gasteiger partial charge in [-0.05, 0) is 13.0 Å². The smallest absolute Gasteiger partial charge is 0.338 e. The lowest BCUT2D eigenvalue weighted by molar-refractivity contribution is 0.0691. The predicted molar refractivity (Wildman–Crippen MR) is 52.3 cm³/mol. The summed E-state index contributed by atoms with van der Waals surface area (Å²) in [4.78, 5) is 10.7. The summed E-state index contributed by atoms with van der Waals surface area (Å²) in [6.45, 7) is 1.65. The lowest BCUT2D eigenvalue weighted by Gasteiger charge is -1.99. The Hall–Kier alpha value is -1.98. The minimum atomic E-state index is -1.50.